The summed E-state index contributed by atoms with van der Waals surface area (Å²) >= 11 is 1.59. The van der Waals surface area contributed by atoms with Gasteiger partial charge in [0.25, 0.3) is 0 Å². The number of halogens is 1. The first kappa shape index (κ1) is 19.1. The van der Waals surface area contributed by atoms with Gasteiger partial charge in [0.05, 0.1) is 6.54 Å². The van der Waals surface area contributed by atoms with Crippen molar-refractivity contribution in [2.45, 2.75) is 26.7 Å². The van der Waals surface area contributed by atoms with Gasteiger partial charge in [-0.05, 0) is 44.2 Å². The molecule has 2 rings (SSSR count). The number of Topliss-reactive ketones (excluding diaryl/α,β-unsaturated/α-hetero) is 1. The van der Waals surface area contributed by atoms with Crippen molar-refractivity contribution in [3.05, 3.63) is 51.5 Å². The highest BCUT2D eigenvalue weighted by atomic mass is 32.1. The Kier molecular flexibility index (Phi) is 6.70. The average Bonchev–Trinajstić information content (AvgIpc) is 2.92. The van der Waals surface area contributed by atoms with E-state index in [0.29, 0.717) is 18.9 Å². The van der Waals surface area contributed by atoms with Crippen LogP contribution in [-0.4, -0.2) is 36.8 Å². The summed E-state index contributed by atoms with van der Waals surface area (Å²) in [6.07, 6.45) is 0.388. The summed E-state index contributed by atoms with van der Waals surface area (Å²) in [5, 5.41) is 0. The minimum absolute atomic E-state index is 0.00571. The number of amides is 1. The van der Waals surface area contributed by atoms with Gasteiger partial charge in [0.2, 0.25) is 5.91 Å². The molecule has 0 saturated heterocycles. The Balaban J connectivity index is 1.73. The fourth-order valence-electron chi connectivity index (χ4n) is 2.41. The predicted octanol–water partition coefficient (Wildman–Crippen LogP) is 4.00. The van der Waals surface area contributed by atoms with E-state index in [-0.39, 0.29) is 30.3 Å². The molecule has 25 heavy (non-hydrogen) atoms. The van der Waals surface area contributed by atoms with Crippen LogP contribution in [0.25, 0.3) is 0 Å². The molecule has 0 bridgehead atoms. The molecule has 1 aromatic carbocycles. The molecule has 1 aromatic heterocycles. The van der Waals surface area contributed by atoms with E-state index in [9.17, 15) is 14.0 Å². The average molecular weight is 363 g/mol. The highest BCUT2D eigenvalue weighted by molar-refractivity contribution is 7.12. The number of likely N-dealkylation sites (N-methyl/N-ethyl adjacent to an activating group) is 1. The molecule has 0 radical (unpaired) electrons. The van der Waals surface area contributed by atoms with Crippen molar-refractivity contribution < 1.29 is 18.7 Å². The minimum atomic E-state index is -0.319. The van der Waals surface area contributed by atoms with Crippen LogP contribution in [0, 0.1) is 19.7 Å². The number of thiophene rings is 1. The van der Waals surface area contributed by atoms with E-state index in [0.717, 1.165) is 15.3 Å². The molecule has 0 saturated carbocycles. The number of aryl methyl sites for hydroxylation is 2. The van der Waals surface area contributed by atoms with Gasteiger partial charge in [-0.3, -0.25) is 9.59 Å². The van der Waals surface area contributed by atoms with Crippen molar-refractivity contribution >= 4 is 23.0 Å². The van der Waals surface area contributed by atoms with E-state index >= 15 is 0 Å². The van der Waals surface area contributed by atoms with Gasteiger partial charge in [-0.2, -0.15) is 0 Å². The number of ether oxygens (including phenoxy) is 1. The predicted molar refractivity (Wildman–Crippen MR) is 96.9 cm³/mol. The van der Waals surface area contributed by atoms with Crippen LogP contribution in [-0.2, 0) is 4.79 Å². The molecular formula is C19H22FNO3S. The second kappa shape index (κ2) is 8.76. The van der Waals surface area contributed by atoms with Gasteiger partial charge in [-0.15, -0.1) is 11.3 Å². The highest BCUT2D eigenvalue weighted by Crippen LogP contribution is 2.22. The fourth-order valence-corrected chi connectivity index (χ4v) is 3.35. The zero-order valence-electron chi connectivity index (χ0n) is 14.7. The van der Waals surface area contributed by atoms with Crippen LogP contribution in [0.15, 0.2) is 30.3 Å². The number of benzene rings is 1. The molecule has 0 aliphatic rings. The van der Waals surface area contributed by atoms with Gasteiger partial charge in [0.1, 0.15) is 18.2 Å². The molecule has 0 aliphatic heterocycles. The summed E-state index contributed by atoms with van der Waals surface area (Å²) < 4.78 is 18.3. The number of hydrogen-bond acceptors (Lipinski definition) is 4. The lowest BCUT2D eigenvalue weighted by Crippen LogP contribution is -2.31. The molecular weight excluding hydrogens is 341 g/mol. The third-order valence-electron chi connectivity index (χ3n) is 3.84. The Morgan fingerprint density at radius 2 is 1.84 bits per heavy atom. The molecule has 1 amide bonds. The molecule has 134 valence electrons. The molecule has 0 fully saturated rings. The Morgan fingerprint density at radius 3 is 2.44 bits per heavy atom. The van der Waals surface area contributed by atoms with Crippen molar-refractivity contribution in [1.29, 1.82) is 0 Å². The second-order valence-corrected chi connectivity index (χ2v) is 7.33. The molecule has 0 aliphatic carbocycles. The number of rotatable bonds is 8. The van der Waals surface area contributed by atoms with E-state index in [4.69, 9.17) is 4.74 Å². The maximum atomic E-state index is 12.8. The Labute approximate surface area is 151 Å². The Morgan fingerprint density at radius 1 is 1.16 bits per heavy atom. The van der Waals surface area contributed by atoms with Crippen LogP contribution < -0.4 is 4.74 Å². The Bertz CT molecular complexity index is 740. The van der Waals surface area contributed by atoms with E-state index in [1.807, 2.05) is 19.9 Å². The third kappa shape index (κ3) is 5.67. The zero-order chi connectivity index (χ0) is 18.4. The van der Waals surface area contributed by atoms with Crippen molar-refractivity contribution in [2.75, 3.05) is 20.2 Å². The summed E-state index contributed by atoms with van der Waals surface area (Å²) in [7, 11) is 1.68. The lowest BCUT2D eigenvalue weighted by atomic mass is 10.1. The fraction of sp³-hybridized carbons (Fsp3) is 0.368. The number of hydrogen-bond donors (Lipinski definition) is 0. The van der Waals surface area contributed by atoms with Crippen molar-refractivity contribution in [2.24, 2.45) is 0 Å². The monoisotopic (exact) mass is 363 g/mol. The summed E-state index contributed by atoms with van der Waals surface area (Å²) in [6, 6.07) is 7.61. The van der Waals surface area contributed by atoms with Crippen LogP contribution in [0.2, 0.25) is 0 Å². The maximum Gasteiger partial charge on any atom is 0.222 e. The molecule has 0 N–H and O–H groups in total. The number of nitrogens with zero attached hydrogens (tertiary/aromatic N) is 1. The van der Waals surface area contributed by atoms with Gasteiger partial charge >= 0.3 is 0 Å². The normalized spacial score (nSPS) is 10.6. The zero-order valence-corrected chi connectivity index (χ0v) is 15.5. The highest BCUT2D eigenvalue weighted by Gasteiger charge is 2.15. The van der Waals surface area contributed by atoms with E-state index in [1.165, 1.54) is 12.1 Å². The van der Waals surface area contributed by atoms with Crippen molar-refractivity contribution in [3.63, 3.8) is 0 Å². The number of carbonyl (C=O) groups is 2. The van der Waals surface area contributed by atoms with Crippen LogP contribution in [0.3, 0.4) is 0 Å². The van der Waals surface area contributed by atoms with Crippen LogP contribution in [0.5, 0.6) is 5.75 Å². The molecule has 4 nitrogen and oxygen atoms in total. The van der Waals surface area contributed by atoms with Gasteiger partial charge in [-0.1, -0.05) is 0 Å². The molecule has 2 aromatic rings. The summed E-state index contributed by atoms with van der Waals surface area (Å²) in [5.74, 6) is 0.146. The lowest BCUT2D eigenvalue weighted by Gasteiger charge is -2.17. The van der Waals surface area contributed by atoms with E-state index < -0.39 is 0 Å². The van der Waals surface area contributed by atoms with E-state index in [2.05, 4.69) is 0 Å². The summed E-state index contributed by atoms with van der Waals surface area (Å²) in [6.45, 7) is 4.60. The van der Waals surface area contributed by atoms with Gasteiger partial charge in [0.15, 0.2) is 5.78 Å². The molecule has 0 unspecified atom stereocenters. The topological polar surface area (TPSA) is 46.6 Å². The molecule has 0 spiro atoms. The quantitative estimate of drug-likeness (QED) is 0.666. The standard InChI is InChI=1S/C19H22FNO3S/c1-13-12-17(14(2)25-13)18(22)8-9-19(23)21(3)10-11-24-16-6-4-15(20)5-7-16/h4-7,12H,8-11H2,1-3H3. The first-order valence-corrected chi connectivity index (χ1v) is 8.91. The van der Waals surface area contributed by atoms with Crippen molar-refractivity contribution in [3.8, 4) is 5.75 Å². The first-order chi connectivity index (χ1) is 11.9. The molecule has 0 atom stereocenters. The molecule has 6 heteroatoms. The minimum Gasteiger partial charge on any atom is -0.492 e. The first-order valence-electron chi connectivity index (χ1n) is 8.09. The van der Waals surface area contributed by atoms with Gasteiger partial charge in [0, 0.05) is 35.2 Å². The lowest BCUT2D eigenvalue weighted by molar-refractivity contribution is -0.130. The third-order valence-corrected chi connectivity index (χ3v) is 4.81. The molecule has 1 heterocycles. The SMILES string of the molecule is Cc1cc(C(=O)CCC(=O)N(C)CCOc2ccc(F)cc2)c(C)s1. The van der Waals surface area contributed by atoms with Gasteiger partial charge in [-0.25, -0.2) is 4.39 Å². The van der Waals surface area contributed by atoms with Gasteiger partial charge < -0.3 is 9.64 Å². The smallest absolute Gasteiger partial charge is 0.222 e. The van der Waals surface area contributed by atoms with E-state index in [1.54, 1.807) is 35.4 Å². The van der Waals surface area contributed by atoms with Crippen LogP contribution in [0.4, 0.5) is 4.39 Å². The van der Waals surface area contributed by atoms with Crippen LogP contribution in [0.1, 0.15) is 33.0 Å². The Hall–Kier alpha value is -2.21. The number of ketones is 1. The largest absolute Gasteiger partial charge is 0.492 e. The van der Waals surface area contributed by atoms with Crippen LogP contribution >= 0.6 is 11.3 Å². The maximum absolute atomic E-state index is 12.8. The second-order valence-electron chi connectivity index (χ2n) is 5.87. The number of carbonyl (C=O) groups excluding carboxylic acids is 2. The summed E-state index contributed by atoms with van der Waals surface area (Å²) in [5.41, 5.74) is 0.720. The summed E-state index contributed by atoms with van der Waals surface area (Å²) in [4.78, 5) is 28.0. The van der Waals surface area contributed by atoms with Crippen molar-refractivity contribution in [1.82, 2.24) is 4.90 Å².